The van der Waals surface area contributed by atoms with Gasteiger partial charge >= 0.3 is 11.9 Å². The molecule has 8 heteroatoms. The molecular weight excluding hydrogens is 572 g/mol. The zero-order valence-corrected chi connectivity index (χ0v) is 28.0. The number of rotatable bonds is 15. The molecule has 4 aliphatic carbocycles. The van der Waals surface area contributed by atoms with Gasteiger partial charge < -0.3 is 28.5 Å². The molecule has 7 unspecified atom stereocenters. The van der Waals surface area contributed by atoms with Gasteiger partial charge in [0.2, 0.25) is 5.76 Å². The van der Waals surface area contributed by atoms with Crippen LogP contribution in [0, 0.1) is 28.6 Å². The van der Waals surface area contributed by atoms with Gasteiger partial charge in [-0.1, -0.05) is 65.5 Å². The first kappa shape index (κ1) is 34.1. The third-order valence-electron chi connectivity index (χ3n) is 11.2. The summed E-state index contributed by atoms with van der Waals surface area (Å²) in [5.41, 5.74) is 0.987. The van der Waals surface area contributed by atoms with Crippen LogP contribution in [0.25, 0.3) is 0 Å². The fourth-order valence-corrected chi connectivity index (χ4v) is 8.69. The van der Waals surface area contributed by atoms with Gasteiger partial charge in [0, 0.05) is 22.8 Å². The van der Waals surface area contributed by atoms with Crippen molar-refractivity contribution in [1.29, 1.82) is 0 Å². The highest BCUT2D eigenvalue weighted by Gasteiger charge is 2.62. The van der Waals surface area contributed by atoms with E-state index in [1.165, 1.54) is 6.26 Å². The second-order valence-electron chi connectivity index (χ2n) is 14.1. The zero-order valence-electron chi connectivity index (χ0n) is 28.0. The lowest BCUT2D eigenvalue weighted by atomic mass is 9.47. The van der Waals surface area contributed by atoms with Gasteiger partial charge in [0.15, 0.2) is 5.78 Å². The first-order valence-corrected chi connectivity index (χ1v) is 17.5. The minimum absolute atomic E-state index is 0.0368. The van der Waals surface area contributed by atoms with Crippen LogP contribution in [0.15, 0.2) is 40.5 Å². The lowest BCUT2D eigenvalue weighted by Crippen LogP contribution is -2.56. The third-order valence-corrected chi connectivity index (χ3v) is 11.2. The normalized spacial score (nSPS) is 32.5. The van der Waals surface area contributed by atoms with Gasteiger partial charge in [-0.05, 0) is 75.4 Å². The van der Waals surface area contributed by atoms with Crippen molar-refractivity contribution in [2.45, 2.75) is 123 Å². The molecule has 0 aromatic carbocycles. The lowest BCUT2D eigenvalue weighted by molar-refractivity contribution is -0.394. The molecule has 5 rings (SSSR count). The van der Waals surface area contributed by atoms with Gasteiger partial charge in [0.05, 0.1) is 31.5 Å². The summed E-state index contributed by atoms with van der Waals surface area (Å²) in [4.78, 5) is 25.8. The number of fused-ring (bicyclic) bond motifs is 5. The Kier molecular flexibility index (Phi) is 10.8. The number of esters is 1. The fraction of sp³-hybridized carbons (Fsp3) is 0.730. The molecule has 3 saturated carbocycles. The Balaban J connectivity index is 1.33. The van der Waals surface area contributed by atoms with Crippen molar-refractivity contribution >= 4 is 11.8 Å². The van der Waals surface area contributed by atoms with Gasteiger partial charge in [0.25, 0.3) is 0 Å². The number of carbonyl (C=O) groups is 2. The van der Waals surface area contributed by atoms with Crippen LogP contribution in [0.2, 0.25) is 0 Å². The van der Waals surface area contributed by atoms with Gasteiger partial charge in [-0.25, -0.2) is 4.79 Å². The molecule has 1 aromatic heterocycles. The molecule has 4 aliphatic rings. The van der Waals surface area contributed by atoms with E-state index in [9.17, 15) is 14.7 Å². The average molecular weight is 627 g/mol. The summed E-state index contributed by atoms with van der Waals surface area (Å²) in [5.74, 6) is -1.19. The molecule has 7 atom stereocenters. The molecular formula is C37H54O8. The van der Waals surface area contributed by atoms with E-state index in [1.54, 1.807) is 18.2 Å². The molecule has 1 N–H and O–H groups in total. The Labute approximate surface area is 268 Å². The van der Waals surface area contributed by atoms with Crippen LogP contribution in [-0.4, -0.2) is 48.9 Å². The number of aliphatic hydroxyl groups is 1. The number of unbranched alkanes of at least 4 members (excludes halogenated alkanes) is 3. The third kappa shape index (κ3) is 6.63. The summed E-state index contributed by atoms with van der Waals surface area (Å²) < 4.78 is 30.8. The van der Waals surface area contributed by atoms with Crippen LogP contribution in [-0.2, 0) is 29.7 Å². The van der Waals surface area contributed by atoms with Crippen LogP contribution in [0.1, 0.15) is 121 Å². The first-order valence-electron chi connectivity index (χ1n) is 17.5. The quantitative estimate of drug-likeness (QED) is 0.120. The fourth-order valence-electron chi connectivity index (χ4n) is 8.69. The summed E-state index contributed by atoms with van der Waals surface area (Å²) in [6, 6.07) is 1.64. The second-order valence-corrected chi connectivity index (χ2v) is 14.1. The van der Waals surface area contributed by atoms with E-state index >= 15 is 0 Å². The van der Waals surface area contributed by atoms with Crippen molar-refractivity contribution in [3.05, 3.63) is 47.5 Å². The summed E-state index contributed by atoms with van der Waals surface area (Å²) >= 11 is 0. The topological polar surface area (TPSA) is 104 Å². The molecule has 1 aromatic rings. The molecule has 3 fully saturated rings. The SMILES string of the molecule is CCCCOC(OCCCC)(OCCCC)c1coc(C(=O)OC2CCC3C4CCC5=CC(=O)C=CC5(C)C4C(O)CC23C)c1. The molecule has 0 saturated heterocycles. The Morgan fingerprint density at radius 3 is 2.27 bits per heavy atom. The van der Waals surface area contributed by atoms with Crippen molar-refractivity contribution in [1.82, 2.24) is 0 Å². The first-order chi connectivity index (χ1) is 21.6. The summed E-state index contributed by atoms with van der Waals surface area (Å²) in [5, 5.41) is 11.7. The van der Waals surface area contributed by atoms with E-state index in [2.05, 4.69) is 34.6 Å². The standard InChI is InChI=1S/C37H54O8/c1-6-9-18-42-37(43-19-10-7-2,44-20-11-8-3)26-22-31(41-24-26)34(40)45-32-15-14-29-28-13-12-25-21-27(38)16-17-35(25,4)33(28)30(39)23-36(29,32)5/h16-17,21-22,24,28-30,32-33,39H,6-15,18-20,23H2,1-5H3. The Morgan fingerprint density at radius 2 is 1.64 bits per heavy atom. The number of ether oxygens (including phenoxy) is 4. The molecule has 0 bridgehead atoms. The number of allylic oxidation sites excluding steroid dienone is 4. The number of aliphatic hydroxyl groups excluding tert-OH is 1. The van der Waals surface area contributed by atoms with Crippen molar-refractivity contribution in [3.63, 3.8) is 0 Å². The van der Waals surface area contributed by atoms with Crippen molar-refractivity contribution < 1.29 is 38.1 Å². The van der Waals surface area contributed by atoms with E-state index in [-0.39, 0.29) is 34.4 Å². The van der Waals surface area contributed by atoms with Crippen LogP contribution >= 0.6 is 0 Å². The second kappa shape index (κ2) is 14.2. The maximum absolute atomic E-state index is 13.6. The smallest absolute Gasteiger partial charge is 0.374 e. The van der Waals surface area contributed by atoms with Crippen LogP contribution in [0.5, 0.6) is 0 Å². The molecule has 0 radical (unpaired) electrons. The van der Waals surface area contributed by atoms with Gasteiger partial charge in [-0.15, -0.1) is 0 Å². The van der Waals surface area contributed by atoms with Gasteiger partial charge in [-0.2, -0.15) is 0 Å². The molecule has 45 heavy (non-hydrogen) atoms. The van der Waals surface area contributed by atoms with Crippen molar-refractivity contribution in [2.24, 2.45) is 28.6 Å². The highest BCUT2D eigenvalue weighted by atomic mass is 16.9. The van der Waals surface area contributed by atoms with E-state index in [1.807, 2.05) is 6.08 Å². The van der Waals surface area contributed by atoms with Crippen molar-refractivity contribution in [3.8, 4) is 0 Å². The molecule has 0 amide bonds. The maximum atomic E-state index is 13.6. The van der Waals surface area contributed by atoms with E-state index in [4.69, 9.17) is 23.4 Å². The highest BCUT2D eigenvalue weighted by Crippen LogP contribution is 2.65. The minimum Gasteiger partial charge on any atom is -0.457 e. The summed E-state index contributed by atoms with van der Waals surface area (Å²) in [6.07, 6.45) is 15.5. The zero-order chi connectivity index (χ0) is 32.2. The largest absolute Gasteiger partial charge is 0.457 e. The molecule has 8 nitrogen and oxygen atoms in total. The number of hydrogen-bond donors (Lipinski definition) is 1. The predicted molar refractivity (Wildman–Crippen MR) is 170 cm³/mol. The minimum atomic E-state index is -1.45. The van der Waals surface area contributed by atoms with E-state index in [0.29, 0.717) is 43.6 Å². The van der Waals surface area contributed by atoms with E-state index < -0.39 is 18.0 Å². The lowest BCUT2D eigenvalue weighted by Gasteiger charge is -2.58. The van der Waals surface area contributed by atoms with Crippen LogP contribution in [0.3, 0.4) is 0 Å². The Bertz CT molecular complexity index is 1220. The highest BCUT2D eigenvalue weighted by molar-refractivity contribution is 6.01. The van der Waals surface area contributed by atoms with E-state index in [0.717, 1.165) is 69.8 Å². The van der Waals surface area contributed by atoms with Crippen LogP contribution in [0.4, 0.5) is 0 Å². The number of ketones is 1. The van der Waals surface area contributed by atoms with Crippen LogP contribution < -0.4 is 0 Å². The summed E-state index contributed by atoms with van der Waals surface area (Å²) in [6.45, 7) is 12.0. The summed E-state index contributed by atoms with van der Waals surface area (Å²) in [7, 11) is 0. The van der Waals surface area contributed by atoms with Crippen molar-refractivity contribution in [2.75, 3.05) is 19.8 Å². The number of hydrogen-bond acceptors (Lipinski definition) is 8. The predicted octanol–water partition coefficient (Wildman–Crippen LogP) is 7.64. The maximum Gasteiger partial charge on any atom is 0.374 e. The van der Waals surface area contributed by atoms with Gasteiger partial charge in [0.1, 0.15) is 12.4 Å². The Hall–Kier alpha value is -2.26. The molecule has 0 spiro atoms. The monoisotopic (exact) mass is 626 g/mol. The van der Waals surface area contributed by atoms with Gasteiger partial charge in [-0.3, -0.25) is 4.79 Å². The molecule has 250 valence electrons. The molecule has 0 aliphatic heterocycles. The number of furan rings is 1. The number of carbonyl (C=O) groups excluding carboxylic acids is 2. The average Bonchev–Trinajstić information content (AvgIpc) is 3.63. The molecule has 1 heterocycles. The Morgan fingerprint density at radius 1 is 1.00 bits per heavy atom.